The molecule has 0 aliphatic heterocycles. The summed E-state index contributed by atoms with van der Waals surface area (Å²) in [4.78, 5) is 0. The summed E-state index contributed by atoms with van der Waals surface area (Å²) in [6.45, 7) is 10.0. The number of aliphatic hydroxyl groups is 1. The van der Waals surface area contributed by atoms with Gasteiger partial charge in [-0.1, -0.05) is 27.7 Å². The van der Waals surface area contributed by atoms with Crippen LogP contribution in [0.15, 0.2) is 12.3 Å². The van der Waals surface area contributed by atoms with Crippen LogP contribution in [0.5, 0.6) is 0 Å². The standard InChI is InChI=1S/C14H23NO/c1-10(2)9-15-6-5-11-12(15)7-14(3,4)8-13(11)16/h5-6,10,13,16H,7-9H2,1-4H3. The highest BCUT2D eigenvalue weighted by molar-refractivity contribution is 5.29. The van der Waals surface area contributed by atoms with E-state index in [9.17, 15) is 5.11 Å². The van der Waals surface area contributed by atoms with E-state index in [4.69, 9.17) is 0 Å². The van der Waals surface area contributed by atoms with E-state index >= 15 is 0 Å². The van der Waals surface area contributed by atoms with Gasteiger partial charge in [-0.2, -0.15) is 0 Å². The normalized spacial score (nSPS) is 23.5. The second kappa shape index (κ2) is 3.92. The number of nitrogens with zero attached hydrogens (tertiary/aromatic N) is 1. The van der Waals surface area contributed by atoms with E-state index in [1.807, 2.05) is 0 Å². The van der Waals surface area contributed by atoms with Crippen molar-refractivity contribution in [1.82, 2.24) is 4.57 Å². The van der Waals surface area contributed by atoms with Crippen LogP contribution >= 0.6 is 0 Å². The molecular weight excluding hydrogens is 198 g/mol. The Morgan fingerprint density at radius 3 is 2.81 bits per heavy atom. The molecule has 1 N–H and O–H groups in total. The Morgan fingerprint density at radius 2 is 2.19 bits per heavy atom. The molecule has 2 rings (SSSR count). The molecule has 1 atom stereocenters. The molecule has 1 aliphatic carbocycles. The van der Waals surface area contributed by atoms with Gasteiger partial charge in [0, 0.05) is 24.0 Å². The maximum Gasteiger partial charge on any atom is 0.0812 e. The molecule has 1 heterocycles. The van der Waals surface area contributed by atoms with Crippen molar-refractivity contribution in [3.05, 3.63) is 23.5 Å². The van der Waals surface area contributed by atoms with Gasteiger partial charge in [-0.15, -0.1) is 0 Å². The molecule has 0 saturated heterocycles. The van der Waals surface area contributed by atoms with Crippen LogP contribution in [-0.2, 0) is 13.0 Å². The van der Waals surface area contributed by atoms with Gasteiger partial charge in [0.1, 0.15) is 0 Å². The van der Waals surface area contributed by atoms with E-state index in [1.165, 1.54) is 5.69 Å². The van der Waals surface area contributed by atoms with E-state index < -0.39 is 0 Å². The summed E-state index contributed by atoms with van der Waals surface area (Å²) in [5.41, 5.74) is 2.72. The summed E-state index contributed by atoms with van der Waals surface area (Å²) in [5.74, 6) is 0.652. The van der Waals surface area contributed by atoms with Crippen LogP contribution in [0.1, 0.15) is 51.5 Å². The summed E-state index contributed by atoms with van der Waals surface area (Å²) in [6.07, 6.45) is 3.83. The molecule has 0 bridgehead atoms. The molecule has 2 nitrogen and oxygen atoms in total. The molecule has 16 heavy (non-hydrogen) atoms. The van der Waals surface area contributed by atoms with Crippen LogP contribution in [0, 0.1) is 11.3 Å². The van der Waals surface area contributed by atoms with E-state index in [0.717, 1.165) is 24.9 Å². The van der Waals surface area contributed by atoms with Gasteiger partial charge in [-0.05, 0) is 30.2 Å². The highest BCUT2D eigenvalue weighted by Crippen LogP contribution is 2.41. The average molecular weight is 221 g/mol. The molecule has 1 unspecified atom stereocenters. The number of hydrogen-bond acceptors (Lipinski definition) is 1. The Hall–Kier alpha value is -0.760. The first-order chi connectivity index (χ1) is 7.39. The van der Waals surface area contributed by atoms with Gasteiger partial charge in [0.05, 0.1) is 6.10 Å². The van der Waals surface area contributed by atoms with Crippen molar-refractivity contribution in [2.24, 2.45) is 11.3 Å². The van der Waals surface area contributed by atoms with Gasteiger partial charge in [0.2, 0.25) is 0 Å². The third-order valence-corrected chi connectivity index (χ3v) is 3.43. The second-order valence-electron chi connectivity index (χ2n) is 6.32. The summed E-state index contributed by atoms with van der Waals surface area (Å²) in [7, 11) is 0. The van der Waals surface area contributed by atoms with Crippen LogP contribution in [0.3, 0.4) is 0 Å². The lowest BCUT2D eigenvalue weighted by Crippen LogP contribution is -2.27. The van der Waals surface area contributed by atoms with Crippen LogP contribution in [0.25, 0.3) is 0 Å². The fourth-order valence-electron chi connectivity index (χ4n) is 2.75. The van der Waals surface area contributed by atoms with Crippen LogP contribution in [-0.4, -0.2) is 9.67 Å². The summed E-state index contributed by atoms with van der Waals surface area (Å²) >= 11 is 0. The number of fused-ring (bicyclic) bond motifs is 1. The SMILES string of the molecule is CC(C)Cn1ccc2c1CC(C)(C)CC2O. The predicted molar refractivity (Wildman–Crippen MR) is 66.3 cm³/mol. The third-order valence-electron chi connectivity index (χ3n) is 3.43. The minimum atomic E-state index is -0.271. The average Bonchev–Trinajstić information content (AvgIpc) is 2.45. The Balaban J connectivity index is 2.33. The summed E-state index contributed by atoms with van der Waals surface area (Å²) in [5, 5.41) is 10.1. The Bertz CT molecular complexity index is 376. The monoisotopic (exact) mass is 221 g/mol. The number of hydrogen-bond donors (Lipinski definition) is 1. The maximum atomic E-state index is 10.1. The molecule has 1 aliphatic rings. The minimum Gasteiger partial charge on any atom is -0.388 e. The van der Waals surface area contributed by atoms with Crippen LogP contribution < -0.4 is 0 Å². The second-order valence-corrected chi connectivity index (χ2v) is 6.32. The zero-order valence-electron chi connectivity index (χ0n) is 10.8. The maximum absolute atomic E-state index is 10.1. The lowest BCUT2D eigenvalue weighted by atomic mass is 9.75. The molecule has 0 radical (unpaired) electrons. The zero-order valence-corrected chi connectivity index (χ0v) is 10.8. The van der Waals surface area contributed by atoms with Gasteiger partial charge >= 0.3 is 0 Å². The quantitative estimate of drug-likeness (QED) is 0.815. The highest BCUT2D eigenvalue weighted by atomic mass is 16.3. The number of aliphatic hydroxyl groups excluding tert-OH is 1. The molecular formula is C14H23NO. The first-order valence-electron chi connectivity index (χ1n) is 6.25. The fraction of sp³-hybridized carbons (Fsp3) is 0.714. The largest absolute Gasteiger partial charge is 0.388 e. The lowest BCUT2D eigenvalue weighted by molar-refractivity contribution is 0.0977. The van der Waals surface area contributed by atoms with Gasteiger partial charge in [-0.25, -0.2) is 0 Å². The van der Waals surface area contributed by atoms with Gasteiger partial charge in [0.15, 0.2) is 0 Å². The van der Waals surface area contributed by atoms with Gasteiger partial charge < -0.3 is 9.67 Å². The Labute approximate surface area is 98.3 Å². The summed E-state index contributed by atoms with van der Waals surface area (Å²) < 4.78 is 2.32. The van der Waals surface area contributed by atoms with Crippen molar-refractivity contribution in [1.29, 1.82) is 0 Å². The molecule has 0 saturated carbocycles. The van der Waals surface area contributed by atoms with Crippen LogP contribution in [0.4, 0.5) is 0 Å². The molecule has 0 aromatic carbocycles. The minimum absolute atomic E-state index is 0.222. The topological polar surface area (TPSA) is 25.2 Å². The van der Waals surface area contributed by atoms with E-state index in [0.29, 0.717) is 5.92 Å². The van der Waals surface area contributed by atoms with E-state index in [-0.39, 0.29) is 11.5 Å². The van der Waals surface area contributed by atoms with Gasteiger partial charge in [0.25, 0.3) is 0 Å². The molecule has 2 heteroatoms. The lowest BCUT2D eigenvalue weighted by Gasteiger charge is -2.34. The summed E-state index contributed by atoms with van der Waals surface area (Å²) in [6, 6.07) is 2.09. The smallest absolute Gasteiger partial charge is 0.0812 e. The van der Waals surface area contributed by atoms with Crippen molar-refractivity contribution in [2.75, 3.05) is 0 Å². The zero-order chi connectivity index (χ0) is 11.9. The molecule has 1 aromatic rings. The molecule has 90 valence electrons. The Kier molecular flexibility index (Phi) is 2.87. The predicted octanol–water partition coefficient (Wildman–Crippen LogP) is 3.15. The van der Waals surface area contributed by atoms with Crippen molar-refractivity contribution in [3.63, 3.8) is 0 Å². The molecule has 1 aromatic heterocycles. The van der Waals surface area contributed by atoms with Crippen molar-refractivity contribution in [2.45, 2.75) is 53.2 Å². The molecule has 0 fully saturated rings. The first-order valence-corrected chi connectivity index (χ1v) is 6.25. The molecule has 0 amide bonds. The number of rotatable bonds is 2. The van der Waals surface area contributed by atoms with Crippen molar-refractivity contribution >= 4 is 0 Å². The van der Waals surface area contributed by atoms with Crippen molar-refractivity contribution < 1.29 is 5.11 Å². The number of aromatic nitrogens is 1. The first kappa shape index (κ1) is 11.7. The van der Waals surface area contributed by atoms with E-state index in [2.05, 4.69) is 44.5 Å². The van der Waals surface area contributed by atoms with Crippen molar-refractivity contribution in [3.8, 4) is 0 Å². The van der Waals surface area contributed by atoms with E-state index in [1.54, 1.807) is 0 Å². The third kappa shape index (κ3) is 2.17. The fourth-order valence-corrected chi connectivity index (χ4v) is 2.75. The van der Waals surface area contributed by atoms with Gasteiger partial charge in [-0.3, -0.25) is 0 Å². The van der Waals surface area contributed by atoms with Crippen LogP contribution in [0.2, 0.25) is 0 Å². The molecule has 0 spiro atoms. The highest BCUT2D eigenvalue weighted by Gasteiger charge is 2.33. The Morgan fingerprint density at radius 1 is 1.50 bits per heavy atom.